The molecule has 2 rings (SSSR count). The van der Waals surface area contributed by atoms with E-state index in [0.29, 0.717) is 5.69 Å². The van der Waals surface area contributed by atoms with Crippen LogP contribution in [0.4, 0.5) is 0 Å². The van der Waals surface area contributed by atoms with Gasteiger partial charge in [0.05, 0.1) is 19.0 Å². The zero-order chi connectivity index (χ0) is 13.7. The van der Waals surface area contributed by atoms with E-state index in [4.69, 9.17) is 4.74 Å². The highest BCUT2D eigenvalue weighted by Crippen LogP contribution is 2.16. The minimum atomic E-state index is -0.780. The number of methoxy groups -OCH3 is 1. The number of hydrogen-bond donors (Lipinski definition) is 0. The second-order valence-corrected chi connectivity index (χ2v) is 3.77. The number of ether oxygens (including phenoxy) is 2. The lowest BCUT2D eigenvalue weighted by Crippen LogP contribution is -2.25. The summed E-state index contributed by atoms with van der Waals surface area (Å²) in [6, 6.07) is 9.55. The van der Waals surface area contributed by atoms with Crippen molar-refractivity contribution < 1.29 is 14.3 Å². The number of rotatable bonds is 4. The summed E-state index contributed by atoms with van der Waals surface area (Å²) in [5.74, 6) is -0.492. The third-order valence-corrected chi connectivity index (χ3v) is 2.42. The van der Waals surface area contributed by atoms with Crippen LogP contribution in [0.1, 0.15) is 6.92 Å². The highest BCUT2D eigenvalue weighted by atomic mass is 16.6. The summed E-state index contributed by atoms with van der Waals surface area (Å²) in [6.07, 6.45) is 0.753. The molecule has 0 aliphatic rings. The first-order chi connectivity index (χ1) is 9.20. The summed E-state index contributed by atoms with van der Waals surface area (Å²) < 4.78 is 9.83. The molecule has 0 radical (unpaired) electrons. The van der Waals surface area contributed by atoms with Crippen LogP contribution >= 0.6 is 0 Å². The lowest BCUT2D eigenvalue weighted by Gasteiger charge is -2.10. The molecule has 0 aliphatic heterocycles. The van der Waals surface area contributed by atoms with Gasteiger partial charge in [-0.25, -0.2) is 4.79 Å². The van der Waals surface area contributed by atoms with Crippen LogP contribution in [-0.2, 0) is 9.53 Å². The van der Waals surface area contributed by atoms with Gasteiger partial charge < -0.3 is 9.47 Å². The summed E-state index contributed by atoms with van der Waals surface area (Å²) >= 11 is 0. The Hall–Kier alpha value is -2.50. The third kappa shape index (κ3) is 3.25. The average Bonchev–Trinajstić information content (AvgIpc) is 2.47. The topological polar surface area (TPSA) is 74.2 Å². The van der Waals surface area contributed by atoms with E-state index >= 15 is 0 Å². The van der Waals surface area contributed by atoms with Gasteiger partial charge in [-0.15, -0.1) is 0 Å². The summed E-state index contributed by atoms with van der Waals surface area (Å²) in [7, 11) is 1.29. The Morgan fingerprint density at radius 1 is 1.26 bits per heavy atom. The highest BCUT2D eigenvalue weighted by molar-refractivity contribution is 5.74. The monoisotopic (exact) mass is 259 g/mol. The molecule has 0 saturated heterocycles. The lowest BCUT2D eigenvalue weighted by molar-refractivity contribution is -0.148. The van der Waals surface area contributed by atoms with Gasteiger partial charge in [-0.05, 0) is 6.92 Å². The van der Waals surface area contributed by atoms with Gasteiger partial charge in [0.15, 0.2) is 6.10 Å². The Labute approximate surface area is 110 Å². The van der Waals surface area contributed by atoms with Crippen LogP contribution in [0.5, 0.6) is 6.01 Å². The molecule has 0 aliphatic carbocycles. The third-order valence-electron chi connectivity index (χ3n) is 2.42. The maximum atomic E-state index is 11.2. The van der Waals surface area contributed by atoms with Gasteiger partial charge in [0.25, 0.3) is 0 Å². The second kappa shape index (κ2) is 5.90. The van der Waals surface area contributed by atoms with Gasteiger partial charge in [0, 0.05) is 5.56 Å². The van der Waals surface area contributed by atoms with Gasteiger partial charge in [-0.2, -0.15) is 10.1 Å². The molecule has 1 heterocycles. The van der Waals surface area contributed by atoms with E-state index in [-0.39, 0.29) is 6.01 Å². The number of benzene rings is 1. The first-order valence-corrected chi connectivity index (χ1v) is 5.70. The van der Waals surface area contributed by atoms with Crippen LogP contribution in [0.15, 0.2) is 36.5 Å². The molecular weight excluding hydrogens is 246 g/mol. The first kappa shape index (κ1) is 12.9. The van der Waals surface area contributed by atoms with E-state index in [1.54, 1.807) is 6.92 Å². The molecule has 19 heavy (non-hydrogen) atoms. The normalized spacial score (nSPS) is 11.7. The van der Waals surface area contributed by atoms with Crippen LogP contribution in [0.2, 0.25) is 0 Å². The molecule has 0 fully saturated rings. The number of hydrogen-bond acceptors (Lipinski definition) is 6. The predicted molar refractivity (Wildman–Crippen MR) is 67.4 cm³/mol. The summed E-state index contributed by atoms with van der Waals surface area (Å²) in [4.78, 5) is 15.4. The molecule has 0 N–H and O–H groups in total. The molecule has 0 amide bonds. The zero-order valence-electron chi connectivity index (χ0n) is 10.6. The standard InChI is InChI=1S/C13H13N3O3/c1-9(12(17)18-2)19-13-15-11(8-14-16-13)10-6-4-3-5-7-10/h3-9H,1-2H3. The zero-order valence-corrected chi connectivity index (χ0v) is 10.6. The number of aromatic nitrogens is 3. The molecule has 1 unspecified atom stereocenters. The summed E-state index contributed by atoms with van der Waals surface area (Å²) in [5.41, 5.74) is 1.52. The van der Waals surface area contributed by atoms with E-state index in [1.165, 1.54) is 13.3 Å². The van der Waals surface area contributed by atoms with Gasteiger partial charge in [0.1, 0.15) is 0 Å². The van der Waals surface area contributed by atoms with E-state index in [1.807, 2.05) is 30.3 Å². The van der Waals surface area contributed by atoms with Crippen molar-refractivity contribution in [2.45, 2.75) is 13.0 Å². The number of nitrogens with zero attached hydrogens (tertiary/aromatic N) is 3. The van der Waals surface area contributed by atoms with Crippen molar-refractivity contribution in [2.75, 3.05) is 7.11 Å². The fourth-order valence-electron chi connectivity index (χ4n) is 1.46. The Kier molecular flexibility index (Phi) is 4.02. The van der Waals surface area contributed by atoms with Crippen molar-refractivity contribution in [1.82, 2.24) is 15.2 Å². The first-order valence-electron chi connectivity index (χ1n) is 5.70. The lowest BCUT2D eigenvalue weighted by atomic mass is 10.2. The maximum absolute atomic E-state index is 11.2. The minimum Gasteiger partial charge on any atom is -0.466 e. The van der Waals surface area contributed by atoms with Gasteiger partial charge in [0.2, 0.25) is 0 Å². The van der Waals surface area contributed by atoms with Crippen LogP contribution in [0.3, 0.4) is 0 Å². The SMILES string of the molecule is COC(=O)C(C)Oc1nncc(-c2ccccc2)n1. The van der Waals surface area contributed by atoms with Crippen LogP contribution in [0.25, 0.3) is 11.3 Å². The smallest absolute Gasteiger partial charge is 0.346 e. The number of carbonyl (C=O) groups is 1. The molecule has 6 nitrogen and oxygen atoms in total. The van der Waals surface area contributed by atoms with Gasteiger partial charge in [-0.1, -0.05) is 35.4 Å². The molecule has 0 bridgehead atoms. The molecule has 6 heteroatoms. The molecule has 0 saturated carbocycles. The minimum absolute atomic E-state index is 0.0410. The van der Waals surface area contributed by atoms with E-state index in [9.17, 15) is 4.79 Å². The fraction of sp³-hybridized carbons (Fsp3) is 0.231. The quantitative estimate of drug-likeness (QED) is 0.774. The molecule has 1 aromatic carbocycles. The van der Waals surface area contributed by atoms with E-state index in [0.717, 1.165) is 5.56 Å². The maximum Gasteiger partial charge on any atom is 0.346 e. The van der Waals surface area contributed by atoms with Crippen LogP contribution < -0.4 is 4.74 Å². The van der Waals surface area contributed by atoms with E-state index in [2.05, 4.69) is 19.9 Å². The van der Waals surface area contributed by atoms with Crippen molar-refractivity contribution >= 4 is 5.97 Å². The van der Waals surface area contributed by atoms with Gasteiger partial charge >= 0.3 is 12.0 Å². The number of carbonyl (C=O) groups excluding carboxylic acids is 1. The summed E-state index contributed by atoms with van der Waals surface area (Å²) in [6.45, 7) is 1.56. The second-order valence-electron chi connectivity index (χ2n) is 3.77. The Balaban J connectivity index is 2.18. The van der Waals surface area contributed by atoms with Crippen molar-refractivity contribution in [3.8, 4) is 17.3 Å². The largest absolute Gasteiger partial charge is 0.466 e. The van der Waals surface area contributed by atoms with Crippen molar-refractivity contribution in [2.24, 2.45) is 0 Å². The Morgan fingerprint density at radius 3 is 2.68 bits per heavy atom. The molecule has 98 valence electrons. The van der Waals surface area contributed by atoms with E-state index < -0.39 is 12.1 Å². The highest BCUT2D eigenvalue weighted by Gasteiger charge is 2.16. The van der Waals surface area contributed by atoms with Crippen molar-refractivity contribution in [1.29, 1.82) is 0 Å². The summed E-state index contributed by atoms with van der Waals surface area (Å²) in [5, 5.41) is 7.54. The molecular formula is C13H13N3O3. The van der Waals surface area contributed by atoms with Crippen molar-refractivity contribution in [3.05, 3.63) is 36.5 Å². The van der Waals surface area contributed by atoms with Gasteiger partial charge in [-0.3, -0.25) is 0 Å². The molecule has 0 spiro atoms. The fourth-order valence-corrected chi connectivity index (χ4v) is 1.46. The predicted octanol–water partition coefficient (Wildman–Crippen LogP) is 1.48. The molecule has 1 atom stereocenters. The molecule has 1 aromatic heterocycles. The molecule has 2 aromatic rings. The van der Waals surface area contributed by atoms with Crippen LogP contribution in [-0.4, -0.2) is 34.4 Å². The number of esters is 1. The van der Waals surface area contributed by atoms with Crippen LogP contribution in [0, 0.1) is 0 Å². The van der Waals surface area contributed by atoms with Crippen molar-refractivity contribution in [3.63, 3.8) is 0 Å². The Bertz CT molecular complexity index is 560. The average molecular weight is 259 g/mol. The Morgan fingerprint density at radius 2 is 2.00 bits per heavy atom.